The van der Waals surface area contributed by atoms with Crippen molar-refractivity contribution in [1.29, 1.82) is 0 Å². The Balaban J connectivity index is 1.26. The van der Waals surface area contributed by atoms with E-state index in [9.17, 15) is 14.7 Å². The molecule has 0 aromatic heterocycles. The summed E-state index contributed by atoms with van der Waals surface area (Å²) in [5, 5.41) is 10.3. The lowest BCUT2D eigenvalue weighted by Gasteiger charge is -2.37. The van der Waals surface area contributed by atoms with E-state index < -0.39 is 0 Å². The van der Waals surface area contributed by atoms with Gasteiger partial charge in [-0.1, -0.05) is 41.9 Å². The smallest absolute Gasteiger partial charge is 0.245 e. The van der Waals surface area contributed by atoms with Gasteiger partial charge in [0.2, 0.25) is 11.8 Å². The van der Waals surface area contributed by atoms with Crippen LogP contribution in [0.15, 0.2) is 48.5 Å². The van der Waals surface area contributed by atoms with Gasteiger partial charge in [0, 0.05) is 49.2 Å². The Kier molecular flexibility index (Phi) is 6.79. The molecule has 3 aliphatic rings. The van der Waals surface area contributed by atoms with Gasteiger partial charge in [-0.15, -0.1) is 0 Å². The van der Waals surface area contributed by atoms with Crippen LogP contribution in [0.25, 0.3) is 0 Å². The van der Waals surface area contributed by atoms with Crippen LogP contribution in [-0.4, -0.2) is 65.0 Å². The minimum atomic E-state index is -0.238. The minimum Gasteiger partial charge on any atom is -0.394 e. The summed E-state index contributed by atoms with van der Waals surface area (Å²) in [7, 11) is 0. The molecule has 1 N–H and O–H groups in total. The molecule has 0 saturated carbocycles. The molecule has 2 saturated heterocycles. The number of nitrogens with zero attached hydrogens (tertiary/aromatic N) is 3. The molecule has 6 nitrogen and oxygen atoms in total. The van der Waals surface area contributed by atoms with Gasteiger partial charge in [0.05, 0.1) is 12.6 Å². The molecule has 2 amide bonds. The van der Waals surface area contributed by atoms with Gasteiger partial charge >= 0.3 is 0 Å². The Labute approximate surface area is 206 Å². The molecule has 0 aliphatic carbocycles. The maximum Gasteiger partial charge on any atom is 0.245 e. The molecule has 0 bridgehead atoms. The number of aliphatic hydroxyl groups is 1. The number of carbonyl (C=O) groups excluding carboxylic acids is 2. The summed E-state index contributed by atoms with van der Waals surface area (Å²) in [6, 6.07) is 15.8. The van der Waals surface area contributed by atoms with Crippen LogP contribution in [0.5, 0.6) is 0 Å². The molecular formula is C27H32ClN3O3. The summed E-state index contributed by atoms with van der Waals surface area (Å²) in [6.07, 6.45) is 3.92. The molecule has 34 heavy (non-hydrogen) atoms. The molecule has 3 heterocycles. The monoisotopic (exact) mass is 481 g/mol. The Morgan fingerprint density at radius 1 is 0.941 bits per heavy atom. The van der Waals surface area contributed by atoms with E-state index in [4.69, 9.17) is 11.6 Å². The lowest BCUT2D eigenvalue weighted by molar-refractivity contribution is -0.142. The number of amides is 2. The van der Waals surface area contributed by atoms with Crippen LogP contribution < -0.4 is 4.90 Å². The van der Waals surface area contributed by atoms with Crippen molar-refractivity contribution in [3.8, 4) is 0 Å². The number of aliphatic hydroxyl groups excluding tert-OH is 1. The van der Waals surface area contributed by atoms with Crippen LogP contribution >= 0.6 is 11.6 Å². The number of hydrogen-bond donors (Lipinski definition) is 1. The number of carbonyl (C=O) groups is 2. The Morgan fingerprint density at radius 3 is 2.41 bits per heavy atom. The Bertz CT molecular complexity index is 1040. The molecule has 0 radical (unpaired) electrons. The fraction of sp³-hybridized carbons (Fsp3) is 0.481. The van der Waals surface area contributed by atoms with Crippen molar-refractivity contribution < 1.29 is 14.7 Å². The van der Waals surface area contributed by atoms with Crippen molar-refractivity contribution >= 4 is 29.1 Å². The van der Waals surface area contributed by atoms with Crippen molar-refractivity contribution in [3.63, 3.8) is 0 Å². The number of hydrogen-bond acceptors (Lipinski definition) is 4. The van der Waals surface area contributed by atoms with Crippen LogP contribution in [-0.2, 0) is 22.6 Å². The molecule has 2 fully saturated rings. The van der Waals surface area contributed by atoms with E-state index in [2.05, 4.69) is 17.0 Å². The van der Waals surface area contributed by atoms with Gasteiger partial charge < -0.3 is 19.8 Å². The normalized spacial score (nSPS) is 22.8. The van der Waals surface area contributed by atoms with E-state index in [0.717, 1.165) is 30.6 Å². The quantitative estimate of drug-likeness (QED) is 0.710. The molecular weight excluding hydrogens is 450 g/mol. The van der Waals surface area contributed by atoms with Gasteiger partial charge in [0.15, 0.2) is 0 Å². The van der Waals surface area contributed by atoms with E-state index >= 15 is 0 Å². The van der Waals surface area contributed by atoms with Gasteiger partial charge in [-0.3, -0.25) is 9.59 Å². The first kappa shape index (κ1) is 23.2. The first-order valence-electron chi connectivity index (χ1n) is 12.3. The van der Waals surface area contributed by atoms with Gasteiger partial charge in [-0.05, 0) is 55.0 Å². The second-order valence-corrected chi connectivity index (χ2v) is 10.1. The lowest BCUT2D eigenvalue weighted by Crippen LogP contribution is -2.51. The average molecular weight is 482 g/mol. The first-order valence-corrected chi connectivity index (χ1v) is 12.7. The predicted molar refractivity (Wildman–Crippen MR) is 133 cm³/mol. The third-order valence-electron chi connectivity index (χ3n) is 7.67. The summed E-state index contributed by atoms with van der Waals surface area (Å²) >= 11 is 6.07. The topological polar surface area (TPSA) is 64.1 Å². The highest BCUT2D eigenvalue weighted by atomic mass is 35.5. The van der Waals surface area contributed by atoms with Gasteiger partial charge in [-0.25, -0.2) is 0 Å². The number of rotatable bonds is 5. The third kappa shape index (κ3) is 4.53. The number of piperidine rings is 1. The lowest BCUT2D eigenvalue weighted by atomic mass is 9.94. The van der Waals surface area contributed by atoms with Gasteiger partial charge in [-0.2, -0.15) is 0 Å². The molecule has 7 heteroatoms. The molecule has 0 spiro atoms. The number of fused-ring (bicyclic) bond motifs is 1. The minimum absolute atomic E-state index is 0.0365. The van der Waals surface area contributed by atoms with Crippen LogP contribution in [0.1, 0.15) is 36.8 Å². The summed E-state index contributed by atoms with van der Waals surface area (Å²) in [5.41, 5.74) is 3.43. The molecule has 2 atom stereocenters. The highest BCUT2D eigenvalue weighted by Gasteiger charge is 2.39. The zero-order valence-electron chi connectivity index (χ0n) is 19.4. The summed E-state index contributed by atoms with van der Waals surface area (Å²) in [5.74, 6) is 0.244. The highest BCUT2D eigenvalue weighted by Crippen LogP contribution is 2.35. The zero-order chi connectivity index (χ0) is 23.7. The van der Waals surface area contributed by atoms with Crippen LogP contribution in [0, 0.1) is 5.92 Å². The first-order chi connectivity index (χ1) is 16.5. The number of benzene rings is 2. The van der Waals surface area contributed by atoms with E-state index in [0.29, 0.717) is 43.9 Å². The largest absolute Gasteiger partial charge is 0.394 e. The van der Waals surface area contributed by atoms with E-state index in [1.165, 1.54) is 5.56 Å². The van der Waals surface area contributed by atoms with Crippen molar-refractivity contribution in [2.45, 2.75) is 50.7 Å². The zero-order valence-corrected chi connectivity index (χ0v) is 20.2. The van der Waals surface area contributed by atoms with E-state index in [1.54, 1.807) is 0 Å². The van der Waals surface area contributed by atoms with E-state index in [1.807, 2.05) is 46.2 Å². The summed E-state index contributed by atoms with van der Waals surface area (Å²) < 4.78 is 0. The number of likely N-dealkylation sites (tertiary alicyclic amines) is 2. The highest BCUT2D eigenvalue weighted by molar-refractivity contribution is 6.30. The van der Waals surface area contributed by atoms with Crippen LogP contribution in [0.3, 0.4) is 0 Å². The standard InChI is InChI=1S/C27H32ClN3O3/c28-22-9-7-19(8-10-22)17-31-24-6-2-1-4-21(24)16-25(31)27(34)29-14-11-20(12-15-29)26(33)30-13-3-5-23(30)18-32/h1-2,4,6-10,20,23,25,32H,3,5,11-18H2/t23-,25?/m0/s1. The van der Waals surface area contributed by atoms with Crippen LogP contribution in [0.4, 0.5) is 5.69 Å². The number of halogens is 1. The predicted octanol–water partition coefficient (Wildman–Crippen LogP) is 3.49. The van der Waals surface area contributed by atoms with Crippen molar-refractivity contribution in [1.82, 2.24) is 9.80 Å². The molecule has 2 aromatic carbocycles. The summed E-state index contributed by atoms with van der Waals surface area (Å²) in [4.78, 5) is 32.7. The maximum atomic E-state index is 13.7. The Morgan fingerprint density at radius 2 is 1.68 bits per heavy atom. The molecule has 2 aromatic rings. The van der Waals surface area contributed by atoms with Gasteiger partial charge in [0.25, 0.3) is 0 Å². The maximum absolute atomic E-state index is 13.7. The third-order valence-corrected chi connectivity index (χ3v) is 7.92. The molecule has 5 rings (SSSR count). The van der Waals surface area contributed by atoms with Gasteiger partial charge in [0.1, 0.15) is 6.04 Å². The second kappa shape index (κ2) is 9.96. The molecule has 180 valence electrons. The van der Waals surface area contributed by atoms with Crippen molar-refractivity contribution in [3.05, 3.63) is 64.7 Å². The van der Waals surface area contributed by atoms with Crippen molar-refractivity contribution in [2.24, 2.45) is 5.92 Å². The molecule has 3 aliphatic heterocycles. The van der Waals surface area contributed by atoms with E-state index in [-0.39, 0.29) is 36.4 Å². The summed E-state index contributed by atoms with van der Waals surface area (Å²) in [6.45, 7) is 2.64. The second-order valence-electron chi connectivity index (χ2n) is 9.71. The number of para-hydroxylation sites is 1. The fourth-order valence-electron chi connectivity index (χ4n) is 5.76. The van der Waals surface area contributed by atoms with Crippen molar-refractivity contribution in [2.75, 3.05) is 31.1 Å². The SMILES string of the molecule is O=C(C1Cc2ccccc2N1Cc1ccc(Cl)cc1)N1CCC(C(=O)N2CCC[C@H]2CO)CC1. The molecule has 1 unspecified atom stereocenters. The van der Waals surface area contributed by atoms with Crippen LogP contribution in [0.2, 0.25) is 5.02 Å². The number of anilines is 1. The Hall–Kier alpha value is -2.57. The average Bonchev–Trinajstić information content (AvgIpc) is 3.49. The fourth-order valence-corrected chi connectivity index (χ4v) is 5.89.